The summed E-state index contributed by atoms with van der Waals surface area (Å²) < 4.78 is 0. The van der Waals surface area contributed by atoms with Crippen LogP contribution in [0.15, 0.2) is 24.3 Å². The second-order valence-electron chi connectivity index (χ2n) is 3.84. The first-order valence-electron chi connectivity index (χ1n) is 5.46. The monoisotopic (exact) mass is 270 g/mol. The number of rotatable bonds is 6. The van der Waals surface area contributed by atoms with Gasteiger partial charge < -0.3 is 10.4 Å². The molecule has 1 atom stereocenters. The maximum atomic E-state index is 11.4. The largest absolute Gasteiger partial charge is 0.480 e. The smallest absolute Gasteiger partial charge is 0.320 e. The third-order valence-electron chi connectivity index (χ3n) is 2.34. The van der Waals surface area contributed by atoms with Gasteiger partial charge in [-0.2, -0.15) is 0 Å². The molecule has 0 fully saturated rings. The van der Waals surface area contributed by atoms with Crippen LogP contribution in [0.25, 0.3) is 0 Å². The van der Waals surface area contributed by atoms with Gasteiger partial charge >= 0.3 is 5.97 Å². The van der Waals surface area contributed by atoms with E-state index in [-0.39, 0.29) is 12.5 Å². The Hall–Kier alpha value is -1.59. The predicted molar refractivity (Wildman–Crippen MR) is 68.4 cm³/mol. The molecule has 0 saturated carbocycles. The van der Waals surface area contributed by atoms with E-state index in [0.717, 1.165) is 5.56 Å². The molecule has 0 aliphatic heterocycles. The lowest BCUT2D eigenvalue weighted by atomic mass is 10.2. The van der Waals surface area contributed by atoms with Crippen molar-refractivity contribution in [3.8, 4) is 0 Å². The molecule has 1 aromatic rings. The number of aliphatic carboxylic acids is 1. The molecule has 0 radical (unpaired) electrons. The van der Waals surface area contributed by atoms with E-state index in [1.807, 2.05) is 12.1 Å². The van der Waals surface area contributed by atoms with Crippen molar-refractivity contribution >= 4 is 23.5 Å². The molecule has 1 rings (SSSR count). The number of benzene rings is 1. The van der Waals surface area contributed by atoms with Crippen LogP contribution in [-0.2, 0) is 16.1 Å². The molecule has 0 aliphatic rings. The maximum absolute atomic E-state index is 11.4. The van der Waals surface area contributed by atoms with Gasteiger partial charge in [0.25, 0.3) is 0 Å². The first kappa shape index (κ1) is 14.5. The second kappa shape index (κ2) is 6.98. The number of hydrogen-bond donors (Lipinski definition) is 3. The fourth-order valence-corrected chi connectivity index (χ4v) is 1.32. The van der Waals surface area contributed by atoms with Gasteiger partial charge in [-0.15, -0.1) is 0 Å². The zero-order valence-electron chi connectivity index (χ0n) is 9.94. The summed E-state index contributed by atoms with van der Waals surface area (Å²) in [5.74, 6) is -1.24. The van der Waals surface area contributed by atoms with Crippen LogP contribution in [-0.4, -0.2) is 29.6 Å². The molecular formula is C12H15ClN2O3. The number of carbonyl (C=O) groups excluding carboxylic acids is 1. The van der Waals surface area contributed by atoms with Gasteiger partial charge in [0.05, 0.1) is 6.54 Å². The number of amides is 1. The molecule has 0 saturated heterocycles. The fourth-order valence-electron chi connectivity index (χ4n) is 1.20. The van der Waals surface area contributed by atoms with Crippen LogP contribution < -0.4 is 10.6 Å². The number of carboxylic acid groups (broad SMARTS) is 1. The third-order valence-corrected chi connectivity index (χ3v) is 2.59. The van der Waals surface area contributed by atoms with Crippen LogP contribution in [0.1, 0.15) is 12.5 Å². The van der Waals surface area contributed by atoms with Crippen LogP contribution in [0.3, 0.4) is 0 Å². The van der Waals surface area contributed by atoms with Crippen LogP contribution >= 0.6 is 11.6 Å². The molecule has 0 spiro atoms. The second-order valence-corrected chi connectivity index (χ2v) is 4.28. The first-order valence-corrected chi connectivity index (χ1v) is 5.84. The summed E-state index contributed by atoms with van der Waals surface area (Å²) in [7, 11) is 0. The quantitative estimate of drug-likeness (QED) is 0.721. The summed E-state index contributed by atoms with van der Waals surface area (Å²) in [6, 6.07) is 6.37. The first-order chi connectivity index (χ1) is 8.49. The molecule has 18 heavy (non-hydrogen) atoms. The highest BCUT2D eigenvalue weighted by Gasteiger charge is 2.11. The van der Waals surface area contributed by atoms with Gasteiger partial charge in [-0.1, -0.05) is 23.7 Å². The minimum atomic E-state index is -0.986. The molecule has 98 valence electrons. The SMILES string of the molecule is C[C@H](NCC(=O)NCc1ccc(Cl)cc1)C(=O)O. The van der Waals surface area contributed by atoms with Crippen molar-refractivity contribution in [3.05, 3.63) is 34.9 Å². The topological polar surface area (TPSA) is 78.4 Å². The highest BCUT2D eigenvalue weighted by Crippen LogP contribution is 2.08. The van der Waals surface area contributed by atoms with E-state index >= 15 is 0 Å². The van der Waals surface area contributed by atoms with Crippen molar-refractivity contribution in [2.75, 3.05) is 6.54 Å². The van der Waals surface area contributed by atoms with Gasteiger partial charge in [-0.05, 0) is 24.6 Å². The highest BCUT2D eigenvalue weighted by atomic mass is 35.5. The van der Waals surface area contributed by atoms with Crippen molar-refractivity contribution in [2.24, 2.45) is 0 Å². The molecule has 0 bridgehead atoms. The van der Waals surface area contributed by atoms with Gasteiger partial charge in [0.1, 0.15) is 6.04 Å². The fraction of sp³-hybridized carbons (Fsp3) is 0.333. The Kier molecular flexibility index (Phi) is 5.61. The predicted octanol–water partition coefficient (Wildman–Crippen LogP) is 1.02. The van der Waals surface area contributed by atoms with Crippen molar-refractivity contribution < 1.29 is 14.7 Å². The highest BCUT2D eigenvalue weighted by molar-refractivity contribution is 6.30. The summed E-state index contributed by atoms with van der Waals surface area (Å²) in [4.78, 5) is 21.9. The summed E-state index contributed by atoms with van der Waals surface area (Å²) >= 11 is 5.74. The number of halogens is 1. The lowest BCUT2D eigenvalue weighted by molar-refractivity contribution is -0.139. The number of carboxylic acids is 1. The van der Waals surface area contributed by atoms with Crippen LogP contribution in [0.2, 0.25) is 5.02 Å². The van der Waals surface area contributed by atoms with E-state index < -0.39 is 12.0 Å². The zero-order valence-corrected chi connectivity index (χ0v) is 10.7. The lowest BCUT2D eigenvalue weighted by Gasteiger charge is -2.09. The van der Waals surface area contributed by atoms with Gasteiger partial charge in [0.15, 0.2) is 0 Å². The molecule has 0 unspecified atom stereocenters. The molecule has 6 heteroatoms. The van der Waals surface area contributed by atoms with E-state index in [0.29, 0.717) is 11.6 Å². The molecule has 1 amide bonds. The Morgan fingerprint density at radius 1 is 1.33 bits per heavy atom. The van der Waals surface area contributed by atoms with Crippen molar-refractivity contribution in [3.63, 3.8) is 0 Å². The average molecular weight is 271 g/mol. The Morgan fingerprint density at radius 3 is 2.50 bits per heavy atom. The van der Waals surface area contributed by atoms with Crippen LogP contribution in [0, 0.1) is 0 Å². The van der Waals surface area contributed by atoms with Crippen molar-refractivity contribution in [1.29, 1.82) is 0 Å². The average Bonchev–Trinajstić information content (AvgIpc) is 2.35. The van der Waals surface area contributed by atoms with Crippen LogP contribution in [0.5, 0.6) is 0 Å². The third kappa shape index (κ3) is 5.16. The Labute approximate surface area is 110 Å². The Morgan fingerprint density at radius 2 is 1.94 bits per heavy atom. The molecule has 5 nitrogen and oxygen atoms in total. The number of nitrogens with one attached hydrogen (secondary N) is 2. The van der Waals surface area contributed by atoms with Gasteiger partial charge in [0, 0.05) is 11.6 Å². The molecule has 1 aromatic carbocycles. The summed E-state index contributed by atoms with van der Waals surface area (Å²) in [6.07, 6.45) is 0. The van der Waals surface area contributed by atoms with Crippen LogP contribution in [0.4, 0.5) is 0 Å². The maximum Gasteiger partial charge on any atom is 0.320 e. The van der Waals surface area contributed by atoms with Gasteiger partial charge in [-0.25, -0.2) is 0 Å². The molecule has 0 aromatic heterocycles. The van der Waals surface area contributed by atoms with E-state index in [1.165, 1.54) is 6.92 Å². The number of carbonyl (C=O) groups is 2. The summed E-state index contributed by atoms with van der Waals surface area (Å²) in [5, 5.41) is 14.5. The van der Waals surface area contributed by atoms with Gasteiger partial charge in [0.2, 0.25) is 5.91 Å². The lowest BCUT2D eigenvalue weighted by Crippen LogP contribution is -2.41. The molecule has 3 N–H and O–H groups in total. The zero-order chi connectivity index (χ0) is 13.5. The molecule has 0 aliphatic carbocycles. The Bertz CT molecular complexity index is 420. The van der Waals surface area contributed by atoms with E-state index in [2.05, 4.69) is 10.6 Å². The molecular weight excluding hydrogens is 256 g/mol. The normalized spacial score (nSPS) is 11.9. The minimum Gasteiger partial charge on any atom is -0.480 e. The molecule has 0 heterocycles. The Balaban J connectivity index is 2.29. The van der Waals surface area contributed by atoms with E-state index in [4.69, 9.17) is 16.7 Å². The van der Waals surface area contributed by atoms with Gasteiger partial charge in [-0.3, -0.25) is 14.9 Å². The van der Waals surface area contributed by atoms with Crippen molar-refractivity contribution in [2.45, 2.75) is 19.5 Å². The van der Waals surface area contributed by atoms with Crippen molar-refractivity contribution in [1.82, 2.24) is 10.6 Å². The standard InChI is InChI=1S/C12H15ClN2O3/c1-8(12(17)18)14-7-11(16)15-6-9-2-4-10(13)5-3-9/h2-5,8,14H,6-7H2,1H3,(H,15,16)(H,17,18)/t8-/m0/s1. The summed E-state index contributed by atoms with van der Waals surface area (Å²) in [6.45, 7) is 1.84. The van der Waals surface area contributed by atoms with E-state index in [9.17, 15) is 9.59 Å². The van der Waals surface area contributed by atoms with E-state index in [1.54, 1.807) is 12.1 Å². The summed E-state index contributed by atoms with van der Waals surface area (Å²) in [5.41, 5.74) is 0.930. The minimum absolute atomic E-state index is 0.0267. The number of hydrogen-bond acceptors (Lipinski definition) is 3.